The highest BCUT2D eigenvalue weighted by Crippen LogP contribution is 2.04. The molecule has 0 spiro atoms. The van der Waals surface area contributed by atoms with E-state index in [1.54, 1.807) is 31.2 Å². The third-order valence-corrected chi connectivity index (χ3v) is 1.91. The molecular weight excluding hydrogens is 192 g/mol. The summed E-state index contributed by atoms with van der Waals surface area (Å²) in [5, 5.41) is 0. The molecule has 0 aliphatic heterocycles. The molecule has 0 amide bonds. The monoisotopic (exact) mass is 204 g/mol. The molecule has 0 atom stereocenters. The SMILES string of the molecule is COC(=O)/C(C)=C\C(=O)c1ccccc1. The maximum atomic E-state index is 11.6. The summed E-state index contributed by atoms with van der Waals surface area (Å²) in [4.78, 5) is 22.6. The first kappa shape index (κ1) is 11.2. The van der Waals surface area contributed by atoms with Crippen molar-refractivity contribution in [3.05, 3.63) is 47.5 Å². The van der Waals surface area contributed by atoms with E-state index < -0.39 is 5.97 Å². The molecule has 0 aromatic heterocycles. The molecule has 0 saturated carbocycles. The molecule has 0 fully saturated rings. The van der Waals surface area contributed by atoms with Gasteiger partial charge in [-0.15, -0.1) is 0 Å². The van der Waals surface area contributed by atoms with Crippen LogP contribution in [0.5, 0.6) is 0 Å². The molecule has 0 radical (unpaired) electrons. The summed E-state index contributed by atoms with van der Waals surface area (Å²) in [5.74, 6) is -0.683. The third-order valence-electron chi connectivity index (χ3n) is 1.91. The molecule has 3 nitrogen and oxygen atoms in total. The van der Waals surface area contributed by atoms with Gasteiger partial charge in [-0.3, -0.25) is 4.79 Å². The highest BCUT2D eigenvalue weighted by atomic mass is 16.5. The molecule has 15 heavy (non-hydrogen) atoms. The summed E-state index contributed by atoms with van der Waals surface area (Å²) < 4.78 is 4.49. The van der Waals surface area contributed by atoms with E-state index >= 15 is 0 Å². The Bertz CT molecular complexity index is 391. The van der Waals surface area contributed by atoms with Crippen LogP contribution in [0.15, 0.2) is 42.0 Å². The van der Waals surface area contributed by atoms with Gasteiger partial charge in [0.25, 0.3) is 0 Å². The molecule has 1 rings (SSSR count). The number of ketones is 1. The van der Waals surface area contributed by atoms with Crippen molar-refractivity contribution in [2.24, 2.45) is 0 Å². The van der Waals surface area contributed by atoms with Crippen LogP contribution in [-0.2, 0) is 9.53 Å². The van der Waals surface area contributed by atoms with E-state index in [1.165, 1.54) is 13.2 Å². The van der Waals surface area contributed by atoms with Gasteiger partial charge in [-0.25, -0.2) is 4.79 Å². The molecular formula is C12H12O3. The van der Waals surface area contributed by atoms with Gasteiger partial charge in [0.15, 0.2) is 5.78 Å². The Labute approximate surface area is 88.4 Å². The first-order chi connectivity index (χ1) is 7.15. The number of carbonyl (C=O) groups is 2. The number of carbonyl (C=O) groups excluding carboxylic acids is 2. The number of esters is 1. The standard InChI is InChI=1S/C12H12O3/c1-9(12(14)15-2)8-11(13)10-6-4-3-5-7-10/h3-8H,1-2H3/b9-8-. The zero-order chi connectivity index (χ0) is 11.3. The van der Waals surface area contributed by atoms with Crippen LogP contribution in [0.2, 0.25) is 0 Å². The minimum atomic E-state index is -0.487. The van der Waals surface area contributed by atoms with Gasteiger partial charge in [0, 0.05) is 11.1 Å². The molecule has 0 saturated heterocycles. The third kappa shape index (κ3) is 3.06. The van der Waals surface area contributed by atoms with Crippen LogP contribution >= 0.6 is 0 Å². The Morgan fingerprint density at radius 1 is 1.20 bits per heavy atom. The summed E-state index contributed by atoms with van der Waals surface area (Å²) in [7, 11) is 1.28. The van der Waals surface area contributed by atoms with E-state index in [2.05, 4.69) is 4.74 Å². The number of allylic oxidation sites excluding steroid dienone is 1. The topological polar surface area (TPSA) is 43.4 Å². The van der Waals surface area contributed by atoms with Gasteiger partial charge in [-0.05, 0) is 13.0 Å². The molecule has 0 heterocycles. The van der Waals surface area contributed by atoms with E-state index in [1.807, 2.05) is 6.07 Å². The predicted molar refractivity (Wildman–Crippen MR) is 56.5 cm³/mol. The maximum absolute atomic E-state index is 11.6. The quantitative estimate of drug-likeness (QED) is 0.429. The first-order valence-electron chi connectivity index (χ1n) is 4.51. The lowest BCUT2D eigenvalue weighted by Gasteiger charge is -1.98. The van der Waals surface area contributed by atoms with Crippen molar-refractivity contribution in [3.8, 4) is 0 Å². The van der Waals surface area contributed by atoms with Crippen molar-refractivity contribution in [1.82, 2.24) is 0 Å². The van der Waals surface area contributed by atoms with Gasteiger partial charge in [-0.1, -0.05) is 30.3 Å². The van der Waals surface area contributed by atoms with Gasteiger partial charge in [0.1, 0.15) is 0 Å². The fourth-order valence-electron chi connectivity index (χ4n) is 1.10. The van der Waals surface area contributed by atoms with Crippen LogP contribution in [0.4, 0.5) is 0 Å². The van der Waals surface area contributed by atoms with E-state index in [4.69, 9.17) is 0 Å². The zero-order valence-electron chi connectivity index (χ0n) is 8.69. The fraction of sp³-hybridized carbons (Fsp3) is 0.167. The van der Waals surface area contributed by atoms with Gasteiger partial charge in [0.05, 0.1) is 7.11 Å². The zero-order valence-corrected chi connectivity index (χ0v) is 8.69. The minimum Gasteiger partial charge on any atom is -0.466 e. The summed E-state index contributed by atoms with van der Waals surface area (Å²) in [6.45, 7) is 1.55. The van der Waals surface area contributed by atoms with Gasteiger partial charge in [-0.2, -0.15) is 0 Å². The van der Waals surface area contributed by atoms with Crippen molar-refractivity contribution in [1.29, 1.82) is 0 Å². The van der Waals surface area contributed by atoms with Crippen LogP contribution in [0, 0.1) is 0 Å². The Kier molecular flexibility index (Phi) is 3.80. The van der Waals surface area contributed by atoms with Gasteiger partial charge < -0.3 is 4.74 Å². The highest BCUT2D eigenvalue weighted by Gasteiger charge is 2.07. The van der Waals surface area contributed by atoms with E-state index in [-0.39, 0.29) is 5.78 Å². The average molecular weight is 204 g/mol. The molecule has 3 heteroatoms. The van der Waals surface area contributed by atoms with Crippen molar-refractivity contribution in [2.45, 2.75) is 6.92 Å². The normalized spacial score (nSPS) is 10.9. The lowest BCUT2D eigenvalue weighted by molar-refractivity contribution is -0.136. The van der Waals surface area contributed by atoms with Crippen LogP contribution in [0.25, 0.3) is 0 Å². The Hall–Kier alpha value is -1.90. The molecule has 0 bridgehead atoms. The highest BCUT2D eigenvalue weighted by molar-refractivity contribution is 6.08. The van der Waals surface area contributed by atoms with Gasteiger partial charge in [0.2, 0.25) is 0 Å². The number of ether oxygens (including phenoxy) is 1. The average Bonchev–Trinajstić information content (AvgIpc) is 2.29. The summed E-state index contributed by atoms with van der Waals surface area (Å²) in [6, 6.07) is 8.77. The van der Waals surface area contributed by atoms with E-state index in [0.717, 1.165) is 0 Å². The van der Waals surface area contributed by atoms with Crippen molar-refractivity contribution in [3.63, 3.8) is 0 Å². The summed E-state index contributed by atoms with van der Waals surface area (Å²) in [6.07, 6.45) is 1.28. The smallest absolute Gasteiger partial charge is 0.333 e. The molecule has 0 aliphatic carbocycles. The predicted octanol–water partition coefficient (Wildman–Crippen LogP) is 1.99. The van der Waals surface area contributed by atoms with Crippen LogP contribution in [-0.4, -0.2) is 18.9 Å². The van der Waals surface area contributed by atoms with Crippen LogP contribution < -0.4 is 0 Å². The molecule has 1 aromatic carbocycles. The lowest BCUT2D eigenvalue weighted by Crippen LogP contribution is -2.04. The van der Waals surface area contributed by atoms with Crippen LogP contribution in [0.1, 0.15) is 17.3 Å². The van der Waals surface area contributed by atoms with Gasteiger partial charge >= 0.3 is 5.97 Å². The molecule has 78 valence electrons. The Morgan fingerprint density at radius 3 is 2.33 bits per heavy atom. The summed E-state index contributed by atoms with van der Waals surface area (Å²) >= 11 is 0. The summed E-state index contributed by atoms with van der Waals surface area (Å²) in [5.41, 5.74) is 0.854. The van der Waals surface area contributed by atoms with Crippen molar-refractivity contribution in [2.75, 3.05) is 7.11 Å². The minimum absolute atomic E-state index is 0.196. The van der Waals surface area contributed by atoms with Crippen LogP contribution in [0.3, 0.4) is 0 Å². The Morgan fingerprint density at radius 2 is 1.80 bits per heavy atom. The number of methoxy groups -OCH3 is 1. The number of benzene rings is 1. The molecule has 0 unspecified atom stereocenters. The van der Waals surface area contributed by atoms with Crippen molar-refractivity contribution < 1.29 is 14.3 Å². The largest absolute Gasteiger partial charge is 0.466 e. The molecule has 0 N–H and O–H groups in total. The maximum Gasteiger partial charge on any atom is 0.333 e. The van der Waals surface area contributed by atoms with Crippen molar-refractivity contribution >= 4 is 11.8 Å². The number of rotatable bonds is 3. The fourth-order valence-corrected chi connectivity index (χ4v) is 1.10. The molecule has 0 aliphatic rings. The number of hydrogen-bond donors (Lipinski definition) is 0. The van der Waals surface area contributed by atoms with E-state index in [0.29, 0.717) is 11.1 Å². The van der Waals surface area contributed by atoms with E-state index in [9.17, 15) is 9.59 Å². The Balaban J connectivity index is 2.84. The molecule has 1 aromatic rings. The second-order valence-electron chi connectivity index (χ2n) is 3.05. The first-order valence-corrected chi connectivity index (χ1v) is 4.51. The second-order valence-corrected chi connectivity index (χ2v) is 3.05. The number of hydrogen-bond acceptors (Lipinski definition) is 3. The second kappa shape index (κ2) is 5.10. The lowest BCUT2D eigenvalue weighted by atomic mass is 10.1.